The van der Waals surface area contributed by atoms with E-state index in [1.807, 2.05) is 13.8 Å². The van der Waals surface area contributed by atoms with Gasteiger partial charge in [0.2, 0.25) is 10.0 Å². The topological polar surface area (TPSA) is 81.4 Å². The van der Waals surface area contributed by atoms with Crippen LogP contribution in [0.5, 0.6) is 0 Å². The van der Waals surface area contributed by atoms with Crippen LogP contribution < -0.4 is 10.5 Å². The highest BCUT2D eigenvalue weighted by atomic mass is 79.9. The van der Waals surface area contributed by atoms with Gasteiger partial charge in [0, 0.05) is 18.8 Å². The van der Waals surface area contributed by atoms with E-state index in [0.29, 0.717) is 12.5 Å². The maximum absolute atomic E-state index is 13.8. The first-order valence-corrected chi connectivity index (χ1v) is 8.33. The Hall–Kier alpha value is -0.700. The Balaban J connectivity index is 2.70. The molecule has 5 nitrogen and oxygen atoms in total. The standard InChI is InChI=1S/C12H18BrFN2O3S/c1-8(2)7-19-4-3-16-20(17,18)11-6-9(15)5-10(13)12(11)14/h5-6,8,16H,3-4,7,15H2,1-2H3. The van der Waals surface area contributed by atoms with E-state index in [4.69, 9.17) is 10.5 Å². The van der Waals surface area contributed by atoms with E-state index in [1.54, 1.807) is 0 Å². The van der Waals surface area contributed by atoms with Crippen LogP contribution in [0.4, 0.5) is 10.1 Å². The van der Waals surface area contributed by atoms with Crippen LogP contribution in [0.1, 0.15) is 13.8 Å². The van der Waals surface area contributed by atoms with Gasteiger partial charge in [-0.2, -0.15) is 0 Å². The van der Waals surface area contributed by atoms with Crippen molar-refractivity contribution in [2.75, 3.05) is 25.5 Å². The van der Waals surface area contributed by atoms with Gasteiger partial charge in [-0.25, -0.2) is 17.5 Å². The van der Waals surface area contributed by atoms with E-state index < -0.39 is 20.7 Å². The van der Waals surface area contributed by atoms with Gasteiger partial charge in [0.1, 0.15) is 4.90 Å². The zero-order valence-electron chi connectivity index (χ0n) is 11.3. The van der Waals surface area contributed by atoms with E-state index in [2.05, 4.69) is 20.7 Å². The van der Waals surface area contributed by atoms with Gasteiger partial charge in [-0.05, 0) is 34.0 Å². The molecule has 114 valence electrons. The number of nitrogen functional groups attached to an aromatic ring is 1. The molecule has 1 aromatic carbocycles. The van der Waals surface area contributed by atoms with Gasteiger partial charge in [-0.3, -0.25) is 0 Å². The molecule has 0 bridgehead atoms. The first-order valence-electron chi connectivity index (χ1n) is 6.06. The summed E-state index contributed by atoms with van der Waals surface area (Å²) in [5.74, 6) is -0.497. The van der Waals surface area contributed by atoms with Gasteiger partial charge in [0.05, 0.1) is 11.1 Å². The van der Waals surface area contributed by atoms with E-state index in [-0.39, 0.29) is 23.3 Å². The molecule has 0 saturated heterocycles. The molecule has 0 amide bonds. The van der Waals surface area contributed by atoms with Crippen LogP contribution in [0.25, 0.3) is 0 Å². The highest BCUT2D eigenvalue weighted by molar-refractivity contribution is 9.10. The second-order valence-electron chi connectivity index (χ2n) is 4.68. The second-order valence-corrected chi connectivity index (χ2v) is 7.27. The maximum atomic E-state index is 13.8. The Morgan fingerprint density at radius 2 is 2.10 bits per heavy atom. The zero-order chi connectivity index (χ0) is 15.3. The fraction of sp³-hybridized carbons (Fsp3) is 0.500. The summed E-state index contributed by atoms with van der Waals surface area (Å²) in [7, 11) is -3.95. The summed E-state index contributed by atoms with van der Waals surface area (Å²) in [5.41, 5.74) is 5.68. The quantitative estimate of drug-likeness (QED) is 0.570. The number of rotatable bonds is 7. The number of ether oxygens (including phenoxy) is 1. The molecule has 1 rings (SSSR count). The van der Waals surface area contributed by atoms with Crippen LogP contribution >= 0.6 is 15.9 Å². The normalized spacial score (nSPS) is 12.1. The van der Waals surface area contributed by atoms with Crippen molar-refractivity contribution in [2.45, 2.75) is 18.7 Å². The molecule has 0 unspecified atom stereocenters. The predicted molar refractivity (Wildman–Crippen MR) is 79.4 cm³/mol. The van der Waals surface area contributed by atoms with Crippen LogP contribution in [0.2, 0.25) is 0 Å². The highest BCUT2D eigenvalue weighted by Gasteiger charge is 2.21. The molecule has 8 heteroatoms. The third-order valence-corrected chi connectivity index (χ3v) is 4.33. The van der Waals surface area contributed by atoms with E-state index in [9.17, 15) is 12.8 Å². The van der Waals surface area contributed by atoms with E-state index >= 15 is 0 Å². The number of nitrogens with two attached hydrogens (primary N) is 1. The van der Waals surface area contributed by atoms with E-state index in [1.165, 1.54) is 6.07 Å². The summed E-state index contributed by atoms with van der Waals surface area (Å²) in [4.78, 5) is -0.478. The fourth-order valence-corrected chi connectivity index (χ4v) is 3.18. The van der Waals surface area contributed by atoms with Crippen molar-refractivity contribution >= 4 is 31.6 Å². The lowest BCUT2D eigenvalue weighted by atomic mass is 10.2. The van der Waals surface area contributed by atoms with Crippen molar-refractivity contribution in [3.8, 4) is 0 Å². The van der Waals surface area contributed by atoms with E-state index in [0.717, 1.165) is 6.07 Å². The largest absolute Gasteiger partial charge is 0.399 e. The average Bonchev–Trinajstić information content (AvgIpc) is 2.32. The average molecular weight is 369 g/mol. The van der Waals surface area contributed by atoms with Gasteiger partial charge in [0.15, 0.2) is 5.82 Å². The minimum atomic E-state index is -3.95. The molecule has 20 heavy (non-hydrogen) atoms. The molecule has 0 aromatic heterocycles. The van der Waals surface area contributed by atoms with Crippen LogP contribution in [-0.4, -0.2) is 28.2 Å². The number of halogens is 2. The molecule has 0 saturated carbocycles. The molecule has 0 aliphatic heterocycles. The Morgan fingerprint density at radius 1 is 1.45 bits per heavy atom. The molecule has 0 fully saturated rings. The van der Waals surface area contributed by atoms with Crippen molar-refractivity contribution in [1.82, 2.24) is 4.72 Å². The first-order chi connectivity index (χ1) is 9.24. The Kier molecular flexibility index (Phi) is 6.38. The summed E-state index contributed by atoms with van der Waals surface area (Å²) >= 11 is 2.93. The van der Waals surface area contributed by atoms with Crippen molar-refractivity contribution in [2.24, 2.45) is 5.92 Å². The lowest BCUT2D eigenvalue weighted by molar-refractivity contribution is 0.114. The number of benzene rings is 1. The molecule has 0 atom stereocenters. The minimum absolute atomic E-state index is 0.00827. The number of hydrogen-bond donors (Lipinski definition) is 2. The second kappa shape index (κ2) is 7.35. The number of hydrogen-bond acceptors (Lipinski definition) is 4. The van der Waals surface area contributed by atoms with Crippen LogP contribution in [0.15, 0.2) is 21.5 Å². The van der Waals surface area contributed by atoms with Gasteiger partial charge < -0.3 is 10.5 Å². The van der Waals surface area contributed by atoms with Gasteiger partial charge in [-0.15, -0.1) is 0 Å². The predicted octanol–water partition coefficient (Wildman–Crippen LogP) is 2.12. The summed E-state index contributed by atoms with van der Waals surface area (Å²) in [6.45, 7) is 4.82. The molecule has 0 aliphatic rings. The smallest absolute Gasteiger partial charge is 0.243 e. The molecule has 0 spiro atoms. The first kappa shape index (κ1) is 17.4. The lowest BCUT2D eigenvalue weighted by Crippen LogP contribution is -2.28. The van der Waals surface area contributed by atoms with Crippen molar-refractivity contribution < 1.29 is 17.5 Å². The lowest BCUT2D eigenvalue weighted by Gasteiger charge is -2.10. The molecule has 1 aromatic rings. The highest BCUT2D eigenvalue weighted by Crippen LogP contribution is 2.25. The summed E-state index contributed by atoms with van der Waals surface area (Å²) in [5, 5.41) is 0. The van der Waals surface area contributed by atoms with Crippen LogP contribution in [-0.2, 0) is 14.8 Å². The fourth-order valence-electron chi connectivity index (χ4n) is 1.42. The zero-order valence-corrected chi connectivity index (χ0v) is 13.7. The van der Waals surface area contributed by atoms with Crippen molar-refractivity contribution in [1.29, 1.82) is 0 Å². The molecule has 0 heterocycles. The Bertz CT molecular complexity index is 564. The SMILES string of the molecule is CC(C)COCCNS(=O)(=O)c1cc(N)cc(Br)c1F. The molecular weight excluding hydrogens is 351 g/mol. The maximum Gasteiger partial charge on any atom is 0.243 e. The number of nitrogens with one attached hydrogen (secondary N) is 1. The number of sulfonamides is 1. The third kappa shape index (κ3) is 5.01. The Labute approximate surface area is 126 Å². The Morgan fingerprint density at radius 3 is 2.70 bits per heavy atom. The molecule has 0 aliphatic carbocycles. The molecular formula is C12H18BrFN2O3S. The molecule has 3 N–H and O–H groups in total. The van der Waals surface area contributed by atoms with Crippen LogP contribution in [0, 0.1) is 11.7 Å². The number of anilines is 1. The summed E-state index contributed by atoms with van der Waals surface area (Å²) < 4.78 is 45.3. The third-order valence-electron chi connectivity index (χ3n) is 2.30. The van der Waals surface area contributed by atoms with Gasteiger partial charge in [-0.1, -0.05) is 13.8 Å². The van der Waals surface area contributed by atoms with Gasteiger partial charge in [0.25, 0.3) is 0 Å². The summed E-state index contributed by atoms with van der Waals surface area (Å²) in [6, 6.07) is 2.39. The van der Waals surface area contributed by atoms with Crippen molar-refractivity contribution in [3.05, 3.63) is 22.4 Å². The van der Waals surface area contributed by atoms with Crippen molar-refractivity contribution in [3.63, 3.8) is 0 Å². The minimum Gasteiger partial charge on any atom is -0.399 e. The van der Waals surface area contributed by atoms with Crippen LogP contribution in [0.3, 0.4) is 0 Å². The summed E-state index contributed by atoms with van der Waals surface area (Å²) in [6.07, 6.45) is 0. The van der Waals surface area contributed by atoms with Gasteiger partial charge >= 0.3 is 0 Å². The monoisotopic (exact) mass is 368 g/mol. The molecule has 0 radical (unpaired) electrons.